The second kappa shape index (κ2) is 7.40. The van der Waals surface area contributed by atoms with Gasteiger partial charge in [0, 0.05) is 11.6 Å². The number of amides is 2. The molecule has 0 bridgehead atoms. The summed E-state index contributed by atoms with van der Waals surface area (Å²) in [5, 5.41) is 18.0. The number of fused-ring (bicyclic) bond motifs is 1. The fourth-order valence-corrected chi connectivity index (χ4v) is 2.02. The van der Waals surface area contributed by atoms with Crippen LogP contribution in [0.15, 0.2) is 41.5 Å². The zero-order valence-electron chi connectivity index (χ0n) is 13.0. The predicted octanol–water partition coefficient (Wildman–Crippen LogP) is 1.91. The Bertz CT molecular complexity index is 756. The molecule has 6 nitrogen and oxygen atoms in total. The summed E-state index contributed by atoms with van der Waals surface area (Å²) in [7, 11) is 0. The van der Waals surface area contributed by atoms with E-state index >= 15 is 0 Å². The lowest BCUT2D eigenvalue weighted by molar-refractivity contribution is -0.139. The van der Waals surface area contributed by atoms with Gasteiger partial charge in [0.1, 0.15) is 5.75 Å². The van der Waals surface area contributed by atoms with E-state index in [1.165, 1.54) is 6.21 Å². The molecule has 0 saturated heterocycles. The second-order valence-electron chi connectivity index (χ2n) is 5.20. The van der Waals surface area contributed by atoms with Gasteiger partial charge in [-0.05, 0) is 30.2 Å². The quantitative estimate of drug-likeness (QED) is 0.457. The number of phenolic OH excluding ortho intramolecular Hbond substituents is 1. The number of nitrogens with one attached hydrogen (secondary N) is 2. The SMILES string of the molecule is CC[C@H](C)NC(=O)C(=O)N/N=C/c1c(O)ccc2ccccc12. The molecule has 0 unspecified atom stereocenters. The van der Waals surface area contributed by atoms with Gasteiger partial charge in [0.05, 0.1) is 6.21 Å². The second-order valence-corrected chi connectivity index (χ2v) is 5.20. The number of nitrogens with zero attached hydrogens (tertiary/aromatic N) is 1. The molecule has 3 N–H and O–H groups in total. The standard InChI is InChI=1S/C17H19N3O3/c1-3-11(2)19-16(22)17(23)20-18-10-14-13-7-5-4-6-12(13)8-9-15(14)21/h4-11,21H,3H2,1-2H3,(H,19,22)(H,20,23)/b18-10+/t11-/m0/s1. The van der Waals surface area contributed by atoms with Gasteiger partial charge in [0.2, 0.25) is 0 Å². The minimum absolute atomic E-state index is 0.0470. The highest BCUT2D eigenvalue weighted by atomic mass is 16.3. The molecule has 2 aromatic carbocycles. The monoisotopic (exact) mass is 313 g/mol. The molecule has 0 aliphatic carbocycles. The van der Waals surface area contributed by atoms with Crippen molar-refractivity contribution in [3.63, 3.8) is 0 Å². The maximum Gasteiger partial charge on any atom is 0.329 e. The summed E-state index contributed by atoms with van der Waals surface area (Å²) >= 11 is 0. The topological polar surface area (TPSA) is 90.8 Å². The molecule has 0 radical (unpaired) electrons. The van der Waals surface area contributed by atoms with E-state index in [0.717, 1.165) is 17.2 Å². The number of rotatable bonds is 4. The molecule has 120 valence electrons. The van der Waals surface area contributed by atoms with Crippen LogP contribution in [0, 0.1) is 0 Å². The Morgan fingerprint density at radius 1 is 1.22 bits per heavy atom. The maximum atomic E-state index is 11.6. The first-order chi connectivity index (χ1) is 11.0. The van der Waals surface area contributed by atoms with Crippen LogP contribution in [-0.4, -0.2) is 29.2 Å². The van der Waals surface area contributed by atoms with E-state index in [9.17, 15) is 14.7 Å². The molecule has 0 aliphatic heterocycles. The van der Waals surface area contributed by atoms with Gasteiger partial charge in [-0.3, -0.25) is 9.59 Å². The lowest BCUT2D eigenvalue weighted by Crippen LogP contribution is -2.41. The Balaban J connectivity index is 2.11. The molecule has 23 heavy (non-hydrogen) atoms. The van der Waals surface area contributed by atoms with Crippen LogP contribution in [0.2, 0.25) is 0 Å². The molecule has 2 amide bonds. The number of hydrogen-bond donors (Lipinski definition) is 3. The van der Waals surface area contributed by atoms with Gasteiger partial charge in [-0.1, -0.05) is 37.3 Å². The number of hydrazone groups is 1. The average molecular weight is 313 g/mol. The Labute approximate surface area is 134 Å². The highest BCUT2D eigenvalue weighted by Crippen LogP contribution is 2.25. The molecule has 0 fully saturated rings. The highest BCUT2D eigenvalue weighted by Gasteiger charge is 2.14. The lowest BCUT2D eigenvalue weighted by atomic mass is 10.0. The summed E-state index contributed by atoms with van der Waals surface area (Å²) in [6.45, 7) is 3.72. The molecule has 2 aromatic rings. The summed E-state index contributed by atoms with van der Waals surface area (Å²) in [6.07, 6.45) is 2.05. The first-order valence-corrected chi connectivity index (χ1v) is 7.37. The van der Waals surface area contributed by atoms with Crippen molar-refractivity contribution in [1.82, 2.24) is 10.7 Å². The smallest absolute Gasteiger partial charge is 0.329 e. The van der Waals surface area contributed by atoms with Crippen molar-refractivity contribution >= 4 is 28.8 Å². The third-order valence-corrected chi connectivity index (χ3v) is 3.50. The molecule has 0 aliphatic rings. The number of carbonyl (C=O) groups excluding carboxylic acids is 2. The van der Waals surface area contributed by atoms with Crippen LogP contribution < -0.4 is 10.7 Å². The Morgan fingerprint density at radius 3 is 2.70 bits per heavy atom. The lowest BCUT2D eigenvalue weighted by Gasteiger charge is -2.09. The molecule has 6 heteroatoms. The summed E-state index contributed by atoms with van der Waals surface area (Å²) in [5.41, 5.74) is 2.64. The highest BCUT2D eigenvalue weighted by molar-refractivity contribution is 6.35. The van der Waals surface area contributed by atoms with E-state index in [1.807, 2.05) is 38.1 Å². The third kappa shape index (κ3) is 4.06. The molecule has 0 spiro atoms. The van der Waals surface area contributed by atoms with Crippen LogP contribution in [0.25, 0.3) is 10.8 Å². The summed E-state index contributed by atoms with van der Waals surface area (Å²) < 4.78 is 0. The molecule has 1 atom stereocenters. The van der Waals surface area contributed by atoms with Crippen molar-refractivity contribution in [3.8, 4) is 5.75 Å². The van der Waals surface area contributed by atoms with E-state index in [4.69, 9.17) is 0 Å². The molecule has 0 aromatic heterocycles. The number of hydrogen-bond acceptors (Lipinski definition) is 4. The van der Waals surface area contributed by atoms with E-state index < -0.39 is 11.8 Å². The first kappa shape index (κ1) is 16.5. The van der Waals surface area contributed by atoms with Crippen LogP contribution in [0.4, 0.5) is 0 Å². The Kier molecular flexibility index (Phi) is 5.30. The van der Waals surface area contributed by atoms with Gasteiger partial charge in [-0.15, -0.1) is 0 Å². The third-order valence-electron chi connectivity index (χ3n) is 3.50. The van der Waals surface area contributed by atoms with Gasteiger partial charge >= 0.3 is 11.8 Å². The maximum absolute atomic E-state index is 11.6. The van der Waals surface area contributed by atoms with E-state index in [0.29, 0.717) is 5.56 Å². The Morgan fingerprint density at radius 2 is 1.96 bits per heavy atom. The van der Waals surface area contributed by atoms with Crippen LogP contribution in [0.5, 0.6) is 5.75 Å². The van der Waals surface area contributed by atoms with Gasteiger partial charge < -0.3 is 10.4 Å². The van der Waals surface area contributed by atoms with Crippen LogP contribution in [0.3, 0.4) is 0 Å². The molecule has 0 saturated carbocycles. The van der Waals surface area contributed by atoms with E-state index in [-0.39, 0.29) is 11.8 Å². The zero-order chi connectivity index (χ0) is 16.8. The largest absolute Gasteiger partial charge is 0.507 e. The zero-order valence-corrected chi connectivity index (χ0v) is 13.0. The van der Waals surface area contributed by atoms with Crippen molar-refractivity contribution in [2.75, 3.05) is 0 Å². The molecular weight excluding hydrogens is 294 g/mol. The van der Waals surface area contributed by atoms with Crippen LogP contribution in [-0.2, 0) is 9.59 Å². The predicted molar refractivity (Wildman–Crippen MR) is 89.2 cm³/mol. The number of benzene rings is 2. The number of carbonyl (C=O) groups is 2. The van der Waals surface area contributed by atoms with Gasteiger partial charge in [0.25, 0.3) is 0 Å². The number of aromatic hydroxyl groups is 1. The minimum Gasteiger partial charge on any atom is -0.507 e. The van der Waals surface area contributed by atoms with E-state index in [1.54, 1.807) is 12.1 Å². The van der Waals surface area contributed by atoms with Gasteiger partial charge in [-0.25, -0.2) is 5.43 Å². The summed E-state index contributed by atoms with van der Waals surface area (Å²) in [4.78, 5) is 23.2. The number of phenols is 1. The fourth-order valence-electron chi connectivity index (χ4n) is 2.02. The summed E-state index contributed by atoms with van der Waals surface area (Å²) in [6, 6.07) is 10.7. The van der Waals surface area contributed by atoms with Crippen molar-refractivity contribution in [2.24, 2.45) is 5.10 Å². The summed E-state index contributed by atoms with van der Waals surface area (Å²) in [5.74, 6) is -1.54. The van der Waals surface area contributed by atoms with Crippen molar-refractivity contribution in [1.29, 1.82) is 0 Å². The van der Waals surface area contributed by atoms with Crippen LogP contribution >= 0.6 is 0 Å². The van der Waals surface area contributed by atoms with Gasteiger partial charge in [0.15, 0.2) is 0 Å². The molecule has 0 heterocycles. The normalized spacial score (nSPS) is 12.3. The molecule has 2 rings (SSSR count). The molecular formula is C17H19N3O3. The average Bonchev–Trinajstić information content (AvgIpc) is 2.56. The van der Waals surface area contributed by atoms with Gasteiger partial charge in [-0.2, -0.15) is 5.10 Å². The van der Waals surface area contributed by atoms with E-state index in [2.05, 4.69) is 15.8 Å². The first-order valence-electron chi connectivity index (χ1n) is 7.37. The van der Waals surface area contributed by atoms with Crippen molar-refractivity contribution < 1.29 is 14.7 Å². The van der Waals surface area contributed by atoms with Crippen molar-refractivity contribution in [3.05, 3.63) is 42.0 Å². The minimum atomic E-state index is -0.846. The van der Waals surface area contributed by atoms with Crippen molar-refractivity contribution in [2.45, 2.75) is 26.3 Å². The Hall–Kier alpha value is -2.89. The fraction of sp³-hybridized carbons (Fsp3) is 0.235. The van der Waals surface area contributed by atoms with Crippen LogP contribution in [0.1, 0.15) is 25.8 Å².